The lowest BCUT2D eigenvalue weighted by molar-refractivity contribution is -0.274. The highest BCUT2D eigenvalue weighted by Gasteiger charge is 2.30. The average molecular weight is 400 g/mol. The van der Waals surface area contributed by atoms with Crippen molar-refractivity contribution in [3.05, 3.63) is 83.9 Å². The summed E-state index contributed by atoms with van der Waals surface area (Å²) in [5.74, 6) is 0.490. The lowest BCUT2D eigenvalue weighted by Gasteiger charge is -2.19. The molecule has 0 radical (unpaired) electrons. The number of benzene rings is 3. The van der Waals surface area contributed by atoms with Crippen LogP contribution in [-0.4, -0.2) is 6.36 Å². The molecular weight excluding hydrogens is 377 g/mol. The second-order valence-electron chi connectivity index (χ2n) is 7.83. The van der Waals surface area contributed by atoms with E-state index in [0.29, 0.717) is 6.61 Å². The smallest absolute Gasteiger partial charge is 0.489 e. The minimum atomic E-state index is -4.69. The summed E-state index contributed by atoms with van der Waals surface area (Å²) in [7, 11) is 0. The summed E-state index contributed by atoms with van der Waals surface area (Å²) >= 11 is 0. The van der Waals surface area contributed by atoms with Gasteiger partial charge < -0.3 is 9.47 Å². The minimum absolute atomic E-state index is 0.117. The molecule has 0 aliphatic carbocycles. The average Bonchev–Trinajstić information content (AvgIpc) is 2.66. The molecule has 0 N–H and O–H groups in total. The Balaban J connectivity index is 1.60. The van der Waals surface area contributed by atoms with Crippen LogP contribution in [0.4, 0.5) is 13.2 Å². The molecule has 0 amide bonds. The molecule has 3 rings (SSSR count). The highest BCUT2D eigenvalue weighted by Crippen LogP contribution is 2.28. The predicted molar refractivity (Wildman–Crippen MR) is 108 cm³/mol. The zero-order valence-electron chi connectivity index (χ0n) is 16.6. The summed E-state index contributed by atoms with van der Waals surface area (Å²) in [4.78, 5) is 0. The fraction of sp³-hybridized carbons (Fsp3) is 0.250. The maximum atomic E-state index is 12.2. The van der Waals surface area contributed by atoms with E-state index in [2.05, 4.69) is 49.8 Å². The van der Waals surface area contributed by atoms with E-state index in [-0.39, 0.29) is 11.2 Å². The van der Waals surface area contributed by atoms with Crippen LogP contribution in [0.5, 0.6) is 11.5 Å². The molecule has 5 heteroatoms. The molecular formula is C24H23F3O2. The van der Waals surface area contributed by atoms with Crippen molar-refractivity contribution in [2.45, 2.75) is 39.2 Å². The predicted octanol–water partition coefficient (Wildman–Crippen LogP) is 7.13. The molecule has 29 heavy (non-hydrogen) atoms. The quantitative estimate of drug-likeness (QED) is 0.454. The molecule has 0 fully saturated rings. The van der Waals surface area contributed by atoms with Gasteiger partial charge in [-0.3, -0.25) is 0 Å². The first-order valence-electron chi connectivity index (χ1n) is 9.29. The lowest BCUT2D eigenvalue weighted by Crippen LogP contribution is -2.16. The van der Waals surface area contributed by atoms with Gasteiger partial charge in [-0.15, -0.1) is 13.2 Å². The van der Waals surface area contributed by atoms with Crippen molar-refractivity contribution in [3.8, 4) is 22.6 Å². The van der Waals surface area contributed by atoms with Gasteiger partial charge in [0.05, 0.1) is 0 Å². The number of hydrogen-bond donors (Lipinski definition) is 0. The fourth-order valence-electron chi connectivity index (χ4n) is 2.86. The maximum Gasteiger partial charge on any atom is 0.573 e. The maximum absolute atomic E-state index is 12.2. The van der Waals surface area contributed by atoms with Crippen LogP contribution in [0.15, 0.2) is 72.8 Å². The summed E-state index contributed by atoms with van der Waals surface area (Å²) in [5, 5.41) is 0. The first-order chi connectivity index (χ1) is 13.6. The summed E-state index contributed by atoms with van der Waals surface area (Å²) in [6.07, 6.45) is -4.69. The molecule has 0 bridgehead atoms. The molecule has 3 aromatic carbocycles. The van der Waals surface area contributed by atoms with Crippen LogP contribution in [0.25, 0.3) is 11.1 Å². The van der Waals surface area contributed by atoms with E-state index >= 15 is 0 Å². The number of hydrogen-bond acceptors (Lipinski definition) is 2. The van der Waals surface area contributed by atoms with Gasteiger partial charge >= 0.3 is 6.36 Å². The van der Waals surface area contributed by atoms with Gasteiger partial charge in [-0.2, -0.15) is 0 Å². The SMILES string of the molecule is CC(C)(C)c1ccc(COc2ccc(-c3ccc(OC(F)(F)F)cc3)cc2)cc1. The molecule has 0 saturated carbocycles. The largest absolute Gasteiger partial charge is 0.573 e. The Morgan fingerprint density at radius 2 is 1.14 bits per heavy atom. The summed E-state index contributed by atoms with van der Waals surface area (Å²) in [5.41, 5.74) is 4.15. The van der Waals surface area contributed by atoms with Gasteiger partial charge in [0.15, 0.2) is 0 Å². The van der Waals surface area contributed by atoms with E-state index in [0.717, 1.165) is 22.4 Å². The van der Waals surface area contributed by atoms with Crippen molar-refractivity contribution < 1.29 is 22.6 Å². The molecule has 0 unspecified atom stereocenters. The fourth-order valence-corrected chi connectivity index (χ4v) is 2.86. The van der Waals surface area contributed by atoms with Crippen molar-refractivity contribution in [1.82, 2.24) is 0 Å². The number of alkyl halides is 3. The molecule has 152 valence electrons. The van der Waals surface area contributed by atoms with E-state index in [1.54, 1.807) is 12.1 Å². The number of halogens is 3. The van der Waals surface area contributed by atoms with Crippen LogP contribution in [0, 0.1) is 0 Å². The lowest BCUT2D eigenvalue weighted by atomic mass is 9.87. The molecule has 0 aliphatic rings. The van der Waals surface area contributed by atoms with Gasteiger partial charge in [0.2, 0.25) is 0 Å². The van der Waals surface area contributed by atoms with Crippen LogP contribution in [-0.2, 0) is 12.0 Å². The Hall–Kier alpha value is -2.95. The highest BCUT2D eigenvalue weighted by molar-refractivity contribution is 5.64. The Labute approximate surface area is 168 Å². The zero-order chi connectivity index (χ0) is 21.1. The number of ether oxygens (including phenoxy) is 2. The van der Waals surface area contributed by atoms with E-state index in [9.17, 15) is 13.2 Å². The molecule has 0 atom stereocenters. The van der Waals surface area contributed by atoms with E-state index in [1.165, 1.54) is 17.7 Å². The van der Waals surface area contributed by atoms with Gasteiger partial charge in [0, 0.05) is 0 Å². The van der Waals surface area contributed by atoms with Crippen molar-refractivity contribution in [3.63, 3.8) is 0 Å². The third-order valence-corrected chi connectivity index (χ3v) is 4.50. The molecule has 0 aromatic heterocycles. The minimum Gasteiger partial charge on any atom is -0.489 e. The van der Waals surface area contributed by atoms with Crippen molar-refractivity contribution in [1.29, 1.82) is 0 Å². The molecule has 0 spiro atoms. The molecule has 0 saturated heterocycles. The van der Waals surface area contributed by atoms with Gasteiger partial charge in [0.1, 0.15) is 18.1 Å². The van der Waals surface area contributed by atoms with Crippen LogP contribution in [0.3, 0.4) is 0 Å². The van der Waals surface area contributed by atoms with E-state index in [4.69, 9.17) is 4.74 Å². The monoisotopic (exact) mass is 400 g/mol. The molecule has 0 aliphatic heterocycles. The van der Waals surface area contributed by atoms with Gasteiger partial charge in [-0.1, -0.05) is 69.3 Å². The van der Waals surface area contributed by atoms with Gasteiger partial charge in [0.25, 0.3) is 0 Å². The second-order valence-corrected chi connectivity index (χ2v) is 7.83. The molecule has 2 nitrogen and oxygen atoms in total. The molecule has 3 aromatic rings. The van der Waals surface area contributed by atoms with Gasteiger partial charge in [-0.25, -0.2) is 0 Å². The van der Waals surface area contributed by atoms with Crippen molar-refractivity contribution in [2.75, 3.05) is 0 Å². The third kappa shape index (κ3) is 6.01. The topological polar surface area (TPSA) is 18.5 Å². The standard InChI is InChI=1S/C24H23F3O2/c1-23(2,3)20-10-4-17(5-11-20)16-28-21-12-6-18(7-13-21)19-8-14-22(15-9-19)29-24(25,26)27/h4-15H,16H2,1-3H3. The normalized spacial score (nSPS) is 11.9. The summed E-state index contributed by atoms with van der Waals surface area (Å²) in [6.45, 7) is 7.00. The van der Waals surface area contributed by atoms with Crippen molar-refractivity contribution >= 4 is 0 Å². The summed E-state index contributed by atoms with van der Waals surface area (Å²) in [6, 6.07) is 21.6. The number of rotatable bonds is 5. The molecule has 0 heterocycles. The van der Waals surface area contributed by atoms with Crippen LogP contribution in [0.1, 0.15) is 31.9 Å². The Bertz CT molecular complexity index is 920. The van der Waals surface area contributed by atoms with Gasteiger partial charge in [-0.05, 0) is 51.9 Å². The Morgan fingerprint density at radius 3 is 1.59 bits per heavy atom. The second kappa shape index (κ2) is 8.19. The van der Waals surface area contributed by atoms with Crippen LogP contribution in [0.2, 0.25) is 0 Å². The summed E-state index contributed by atoms with van der Waals surface area (Å²) < 4.78 is 46.4. The van der Waals surface area contributed by atoms with Crippen LogP contribution >= 0.6 is 0 Å². The third-order valence-electron chi connectivity index (χ3n) is 4.50. The highest BCUT2D eigenvalue weighted by atomic mass is 19.4. The van der Waals surface area contributed by atoms with Crippen molar-refractivity contribution in [2.24, 2.45) is 0 Å². The van der Waals surface area contributed by atoms with Crippen LogP contribution < -0.4 is 9.47 Å². The first-order valence-corrected chi connectivity index (χ1v) is 9.29. The first kappa shape index (κ1) is 20.8. The van der Waals surface area contributed by atoms with E-state index in [1.807, 2.05) is 24.3 Å². The van der Waals surface area contributed by atoms with E-state index < -0.39 is 6.36 Å². The Morgan fingerprint density at radius 1 is 0.655 bits per heavy atom. The zero-order valence-corrected chi connectivity index (χ0v) is 16.6. The Kier molecular flexibility index (Phi) is 5.87.